The molecule has 1 aliphatic rings. The number of halogens is 1. The van der Waals surface area contributed by atoms with Crippen LogP contribution in [0.2, 0.25) is 0 Å². The van der Waals surface area contributed by atoms with Crippen LogP contribution in [-0.4, -0.2) is 45.5 Å². The van der Waals surface area contributed by atoms with Crippen LogP contribution in [0.25, 0.3) is 0 Å². The predicted molar refractivity (Wildman–Crippen MR) is 96.4 cm³/mol. The van der Waals surface area contributed by atoms with Gasteiger partial charge in [0.05, 0.1) is 14.2 Å². The molecule has 0 unspecified atom stereocenters. The maximum absolute atomic E-state index is 13.8. The zero-order valence-electron chi connectivity index (χ0n) is 15.3. The Kier molecular flexibility index (Phi) is 5.96. The summed E-state index contributed by atoms with van der Waals surface area (Å²) in [7, 11) is 3.08. The minimum Gasteiger partial charge on any atom is -0.502 e. The Labute approximate surface area is 153 Å². The number of rotatable bonds is 6. The number of phenols is 1. The van der Waals surface area contributed by atoms with Crippen LogP contribution in [0.1, 0.15) is 11.1 Å². The molecule has 0 aliphatic carbocycles. The Morgan fingerprint density at radius 3 is 2.00 bits per heavy atom. The van der Waals surface area contributed by atoms with Crippen molar-refractivity contribution in [3.05, 3.63) is 53.3 Å². The summed E-state index contributed by atoms with van der Waals surface area (Å²) in [6.07, 6.45) is 0. The average Bonchev–Trinajstić information content (AvgIpc) is 2.66. The summed E-state index contributed by atoms with van der Waals surface area (Å²) in [6, 6.07) is 10.8. The van der Waals surface area contributed by atoms with Gasteiger partial charge in [0.25, 0.3) is 0 Å². The number of benzene rings is 2. The lowest BCUT2D eigenvalue weighted by Crippen LogP contribution is -3.27. The second kappa shape index (κ2) is 8.38. The highest BCUT2D eigenvalue weighted by molar-refractivity contribution is 5.52. The third-order valence-corrected chi connectivity index (χ3v) is 5.06. The van der Waals surface area contributed by atoms with E-state index in [1.807, 2.05) is 24.3 Å². The Bertz CT molecular complexity index is 721. The van der Waals surface area contributed by atoms with Crippen molar-refractivity contribution in [2.75, 3.05) is 40.4 Å². The van der Waals surface area contributed by atoms with Gasteiger partial charge in [-0.1, -0.05) is 18.2 Å². The number of ether oxygens (including phenoxy) is 2. The zero-order valence-corrected chi connectivity index (χ0v) is 15.3. The van der Waals surface area contributed by atoms with Crippen LogP contribution in [0.3, 0.4) is 0 Å². The summed E-state index contributed by atoms with van der Waals surface area (Å²) in [5.74, 6) is 0.788. The van der Waals surface area contributed by atoms with Crippen molar-refractivity contribution in [3.8, 4) is 17.2 Å². The number of quaternary nitrogens is 2. The van der Waals surface area contributed by atoms with Crippen molar-refractivity contribution in [1.82, 2.24) is 0 Å². The lowest BCUT2D eigenvalue weighted by molar-refractivity contribution is -1.02. The quantitative estimate of drug-likeness (QED) is 0.680. The number of phenolic OH excluding ortho intramolecular Hbond substituents is 1. The van der Waals surface area contributed by atoms with Crippen LogP contribution in [0.15, 0.2) is 36.4 Å². The lowest BCUT2D eigenvalue weighted by Gasteiger charge is -2.30. The van der Waals surface area contributed by atoms with Gasteiger partial charge in [0.15, 0.2) is 11.5 Å². The molecule has 0 radical (unpaired) electrons. The van der Waals surface area contributed by atoms with Crippen LogP contribution in [-0.2, 0) is 13.1 Å². The zero-order chi connectivity index (χ0) is 18.5. The normalized spacial score (nSPS) is 20.0. The molecule has 1 heterocycles. The molecule has 0 saturated carbocycles. The standard InChI is InChI=1S/C20H25FN2O3/c1-25-18-11-15(12-19(26-2)20(18)24)13-22-7-9-23(10-8-22)14-16-5-3-4-6-17(16)21/h3-6,11-12,24H,7-10,13-14H2,1-2H3/p+2. The highest BCUT2D eigenvalue weighted by atomic mass is 19.1. The van der Waals surface area contributed by atoms with Crippen LogP contribution in [0, 0.1) is 5.82 Å². The van der Waals surface area contributed by atoms with E-state index in [0.717, 1.165) is 50.4 Å². The van der Waals surface area contributed by atoms with Gasteiger partial charge in [-0.25, -0.2) is 4.39 Å². The maximum atomic E-state index is 13.8. The van der Waals surface area contributed by atoms with E-state index >= 15 is 0 Å². The van der Waals surface area contributed by atoms with E-state index in [4.69, 9.17) is 9.47 Å². The molecule has 5 nitrogen and oxygen atoms in total. The molecule has 0 spiro atoms. The van der Waals surface area contributed by atoms with Crippen LogP contribution < -0.4 is 19.3 Å². The average molecular weight is 362 g/mol. The Hall–Kier alpha value is -2.31. The Morgan fingerprint density at radius 2 is 1.46 bits per heavy atom. The van der Waals surface area contributed by atoms with Gasteiger partial charge in [-0.15, -0.1) is 0 Å². The fourth-order valence-electron chi connectivity index (χ4n) is 3.56. The molecule has 1 aliphatic heterocycles. The molecular formula is C20H27FN2O3+2. The van der Waals surface area contributed by atoms with Gasteiger partial charge < -0.3 is 24.4 Å². The lowest BCUT2D eigenvalue weighted by atomic mass is 10.1. The van der Waals surface area contributed by atoms with Crippen LogP contribution >= 0.6 is 0 Å². The first kappa shape index (κ1) is 18.5. The fraction of sp³-hybridized carbons (Fsp3) is 0.400. The topological polar surface area (TPSA) is 47.6 Å². The fourth-order valence-corrected chi connectivity index (χ4v) is 3.56. The smallest absolute Gasteiger partial charge is 0.200 e. The van der Waals surface area contributed by atoms with Crippen molar-refractivity contribution in [3.63, 3.8) is 0 Å². The van der Waals surface area contributed by atoms with E-state index in [9.17, 15) is 9.50 Å². The van der Waals surface area contributed by atoms with Gasteiger partial charge in [-0.3, -0.25) is 0 Å². The number of hydrogen-bond donors (Lipinski definition) is 3. The molecule has 3 N–H and O–H groups in total. The molecule has 2 aromatic rings. The van der Waals surface area contributed by atoms with Crippen molar-refractivity contribution in [2.45, 2.75) is 13.1 Å². The van der Waals surface area contributed by atoms with Gasteiger partial charge in [0, 0.05) is 11.1 Å². The first-order chi connectivity index (χ1) is 12.6. The molecule has 3 rings (SSSR count). The summed E-state index contributed by atoms with van der Waals surface area (Å²) in [5.41, 5.74) is 1.86. The van der Waals surface area contributed by atoms with E-state index in [1.165, 1.54) is 30.1 Å². The van der Waals surface area contributed by atoms with E-state index in [1.54, 1.807) is 6.07 Å². The number of piperazine rings is 1. The highest BCUT2D eigenvalue weighted by Gasteiger charge is 2.24. The second-order valence-corrected chi connectivity index (χ2v) is 6.79. The first-order valence-electron chi connectivity index (χ1n) is 8.95. The number of methoxy groups -OCH3 is 2. The van der Waals surface area contributed by atoms with Gasteiger partial charge in [-0.2, -0.15) is 0 Å². The molecule has 0 bridgehead atoms. The maximum Gasteiger partial charge on any atom is 0.200 e. The number of hydrogen-bond acceptors (Lipinski definition) is 3. The highest BCUT2D eigenvalue weighted by Crippen LogP contribution is 2.36. The predicted octanol–water partition coefficient (Wildman–Crippen LogP) is 0.0321. The monoisotopic (exact) mass is 362 g/mol. The molecule has 2 aromatic carbocycles. The summed E-state index contributed by atoms with van der Waals surface area (Å²) < 4.78 is 24.3. The van der Waals surface area contributed by atoms with E-state index in [0.29, 0.717) is 11.5 Å². The SMILES string of the molecule is COc1cc(C[NH+]2CC[NH+](Cc3ccccc3F)CC2)cc(OC)c1O. The van der Waals surface area contributed by atoms with Gasteiger partial charge >= 0.3 is 0 Å². The van der Waals surface area contributed by atoms with Crippen molar-refractivity contribution < 1.29 is 28.8 Å². The molecule has 1 saturated heterocycles. The van der Waals surface area contributed by atoms with Crippen molar-refractivity contribution in [2.24, 2.45) is 0 Å². The third-order valence-electron chi connectivity index (χ3n) is 5.06. The molecule has 0 amide bonds. The summed E-state index contributed by atoms with van der Waals surface area (Å²) >= 11 is 0. The third kappa shape index (κ3) is 4.26. The summed E-state index contributed by atoms with van der Waals surface area (Å²) in [4.78, 5) is 2.89. The van der Waals surface area contributed by atoms with E-state index in [2.05, 4.69) is 0 Å². The van der Waals surface area contributed by atoms with Crippen molar-refractivity contribution in [1.29, 1.82) is 0 Å². The van der Waals surface area contributed by atoms with Crippen LogP contribution in [0.5, 0.6) is 17.2 Å². The Balaban J connectivity index is 1.58. The molecular weight excluding hydrogens is 335 g/mol. The molecule has 1 fully saturated rings. The van der Waals surface area contributed by atoms with E-state index in [-0.39, 0.29) is 11.6 Å². The van der Waals surface area contributed by atoms with Crippen molar-refractivity contribution >= 4 is 0 Å². The molecule has 6 heteroatoms. The molecule has 140 valence electrons. The first-order valence-corrected chi connectivity index (χ1v) is 8.95. The number of aromatic hydroxyl groups is 1. The van der Waals surface area contributed by atoms with Gasteiger partial charge in [0.2, 0.25) is 5.75 Å². The second-order valence-electron chi connectivity index (χ2n) is 6.79. The molecule has 0 aromatic heterocycles. The molecule has 0 atom stereocenters. The Morgan fingerprint density at radius 1 is 0.923 bits per heavy atom. The number of nitrogens with one attached hydrogen (secondary N) is 2. The summed E-state index contributed by atoms with van der Waals surface area (Å²) in [5, 5.41) is 10.0. The van der Waals surface area contributed by atoms with Gasteiger partial charge in [0.1, 0.15) is 45.1 Å². The van der Waals surface area contributed by atoms with E-state index < -0.39 is 0 Å². The van der Waals surface area contributed by atoms with Crippen LogP contribution in [0.4, 0.5) is 4.39 Å². The largest absolute Gasteiger partial charge is 0.502 e. The van der Waals surface area contributed by atoms with Gasteiger partial charge in [-0.05, 0) is 18.2 Å². The minimum absolute atomic E-state index is 0.0351. The minimum atomic E-state index is -0.113. The molecule has 26 heavy (non-hydrogen) atoms. The summed E-state index contributed by atoms with van der Waals surface area (Å²) in [6.45, 7) is 5.65.